The lowest BCUT2D eigenvalue weighted by atomic mass is 10.2. The summed E-state index contributed by atoms with van der Waals surface area (Å²) in [5.41, 5.74) is 0.639. The Bertz CT molecular complexity index is 546. The van der Waals surface area contributed by atoms with Gasteiger partial charge in [0.05, 0.1) is 4.90 Å². The predicted molar refractivity (Wildman–Crippen MR) is 86.2 cm³/mol. The molecule has 0 saturated heterocycles. The molecule has 1 aromatic carbocycles. The van der Waals surface area contributed by atoms with Crippen molar-refractivity contribution in [1.29, 1.82) is 0 Å². The number of sulfone groups is 1. The molecule has 1 rings (SSSR count). The van der Waals surface area contributed by atoms with Crippen molar-refractivity contribution in [2.75, 3.05) is 19.4 Å². The number of halogens is 1. The number of aryl methyl sites for hydroxylation is 1. The number of ether oxygens (including phenoxy) is 1. The molecule has 0 saturated carbocycles. The summed E-state index contributed by atoms with van der Waals surface area (Å²) in [6, 6.07) is 5.10. The van der Waals surface area contributed by atoms with Gasteiger partial charge in [-0.2, -0.15) is 0 Å². The highest BCUT2D eigenvalue weighted by molar-refractivity contribution is 7.90. The Kier molecular flexibility index (Phi) is 8.25. The van der Waals surface area contributed by atoms with E-state index in [2.05, 4.69) is 5.32 Å². The minimum Gasteiger partial charge on any atom is -0.491 e. The highest BCUT2D eigenvalue weighted by atomic mass is 35.5. The number of hydrogen-bond donors (Lipinski definition) is 2. The first kappa shape index (κ1) is 20.2. The van der Waals surface area contributed by atoms with Gasteiger partial charge in [0, 0.05) is 18.8 Å². The van der Waals surface area contributed by atoms with Crippen molar-refractivity contribution in [2.45, 2.75) is 37.8 Å². The van der Waals surface area contributed by atoms with Crippen LogP contribution in [0.4, 0.5) is 0 Å². The van der Waals surface area contributed by atoms with E-state index in [-0.39, 0.29) is 19.0 Å². The van der Waals surface area contributed by atoms with Crippen LogP contribution >= 0.6 is 12.4 Å². The Hall–Kier alpha value is -0.820. The Morgan fingerprint density at radius 2 is 1.95 bits per heavy atom. The third-order valence-electron chi connectivity index (χ3n) is 2.75. The van der Waals surface area contributed by atoms with Crippen LogP contribution in [0.3, 0.4) is 0 Å². The number of hydrogen-bond acceptors (Lipinski definition) is 5. The van der Waals surface area contributed by atoms with Crippen molar-refractivity contribution < 1.29 is 18.3 Å². The summed E-state index contributed by atoms with van der Waals surface area (Å²) in [6.45, 7) is 6.34. The van der Waals surface area contributed by atoms with Gasteiger partial charge in [0.1, 0.15) is 18.5 Å². The molecule has 0 amide bonds. The SMILES string of the molecule is Cc1cc(OCC(O)CNC(C)C)ccc1S(C)(=O)=O.Cl. The van der Waals surface area contributed by atoms with E-state index < -0.39 is 15.9 Å². The topological polar surface area (TPSA) is 75.6 Å². The third-order valence-corrected chi connectivity index (χ3v) is 4.01. The molecular weight excluding hydrogens is 314 g/mol. The van der Waals surface area contributed by atoms with Crippen LogP contribution in [0.5, 0.6) is 5.75 Å². The van der Waals surface area contributed by atoms with Crippen molar-refractivity contribution >= 4 is 22.2 Å². The largest absolute Gasteiger partial charge is 0.491 e. The molecule has 0 aliphatic rings. The van der Waals surface area contributed by atoms with E-state index in [0.29, 0.717) is 28.8 Å². The normalized spacial score (nSPS) is 12.9. The van der Waals surface area contributed by atoms with Crippen LogP contribution in [0.15, 0.2) is 23.1 Å². The molecule has 2 N–H and O–H groups in total. The summed E-state index contributed by atoms with van der Waals surface area (Å²) in [7, 11) is -3.21. The fourth-order valence-electron chi connectivity index (χ4n) is 1.75. The maximum atomic E-state index is 11.5. The van der Waals surface area contributed by atoms with Gasteiger partial charge in [0.25, 0.3) is 0 Å². The Balaban J connectivity index is 0.00000400. The first-order chi connectivity index (χ1) is 9.20. The first-order valence-electron chi connectivity index (χ1n) is 6.55. The van der Waals surface area contributed by atoms with Crippen molar-refractivity contribution in [3.63, 3.8) is 0 Å². The second-order valence-corrected chi connectivity index (χ2v) is 7.21. The minimum atomic E-state index is -3.21. The fourth-order valence-corrected chi connectivity index (χ4v) is 2.71. The summed E-state index contributed by atoms with van der Waals surface area (Å²) in [5, 5.41) is 12.8. The molecule has 0 aliphatic heterocycles. The average molecular weight is 338 g/mol. The average Bonchev–Trinajstić information content (AvgIpc) is 2.32. The molecule has 1 unspecified atom stereocenters. The maximum Gasteiger partial charge on any atom is 0.175 e. The van der Waals surface area contributed by atoms with Gasteiger partial charge in [-0.05, 0) is 30.7 Å². The lowest BCUT2D eigenvalue weighted by molar-refractivity contribution is 0.104. The molecule has 0 heterocycles. The van der Waals surface area contributed by atoms with E-state index in [1.54, 1.807) is 19.1 Å². The molecule has 0 spiro atoms. The molecule has 0 aliphatic carbocycles. The molecule has 5 nitrogen and oxygen atoms in total. The van der Waals surface area contributed by atoms with E-state index in [9.17, 15) is 13.5 Å². The van der Waals surface area contributed by atoms with E-state index in [4.69, 9.17) is 4.74 Å². The number of aliphatic hydroxyl groups excluding tert-OH is 1. The lowest BCUT2D eigenvalue weighted by Gasteiger charge is -2.15. The smallest absolute Gasteiger partial charge is 0.175 e. The molecular formula is C14H24ClNO4S. The van der Waals surface area contributed by atoms with Crippen molar-refractivity contribution in [1.82, 2.24) is 5.32 Å². The van der Waals surface area contributed by atoms with Gasteiger partial charge in [-0.1, -0.05) is 13.8 Å². The summed E-state index contributed by atoms with van der Waals surface area (Å²) in [5.74, 6) is 0.554. The van der Waals surface area contributed by atoms with Crippen molar-refractivity contribution in [3.05, 3.63) is 23.8 Å². The van der Waals surface area contributed by atoms with Gasteiger partial charge in [0.2, 0.25) is 0 Å². The highest BCUT2D eigenvalue weighted by Crippen LogP contribution is 2.21. The summed E-state index contributed by atoms with van der Waals surface area (Å²) < 4.78 is 28.4. The van der Waals surface area contributed by atoms with Gasteiger partial charge >= 0.3 is 0 Å². The van der Waals surface area contributed by atoms with E-state index >= 15 is 0 Å². The zero-order valence-corrected chi connectivity index (χ0v) is 14.4. The van der Waals surface area contributed by atoms with E-state index in [1.165, 1.54) is 12.3 Å². The highest BCUT2D eigenvalue weighted by Gasteiger charge is 2.12. The van der Waals surface area contributed by atoms with Gasteiger partial charge in [-0.25, -0.2) is 8.42 Å². The maximum absolute atomic E-state index is 11.5. The standard InChI is InChI=1S/C14H23NO4S.ClH/c1-10(2)15-8-12(16)9-19-13-5-6-14(11(3)7-13)20(4,17)18;/h5-7,10,12,15-16H,8-9H2,1-4H3;1H. The van der Waals surface area contributed by atoms with Crippen LogP contribution in [-0.4, -0.2) is 45.1 Å². The quantitative estimate of drug-likeness (QED) is 0.789. The minimum absolute atomic E-state index is 0. The zero-order valence-electron chi connectivity index (χ0n) is 12.8. The third kappa shape index (κ3) is 7.13. The predicted octanol–water partition coefficient (Wildman–Crippen LogP) is 1.56. The Labute approximate surface area is 133 Å². The van der Waals surface area contributed by atoms with Crippen LogP contribution in [0.25, 0.3) is 0 Å². The number of rotatable bonds is 7. The summed E-state index contributed by atoms with van der Waals surface area (Å²) in [4.78, 5) is 0.298. The van der Waals surface area contributed by atoms with E-state index in [0.717, 1.165) is 0 Å². The molecule has 0 fully saturated rings. The molecule has 21 heavy (non-hydrogen) atoms. The molecule has 7 heteroatoms. The molecule has 0 aromatic heterocycles. The number of aliphatic hydroxyl groups is 1. The van der Waals surface area contributed by atoms with Gasteiger partial charge < -0.3 is 15.2 Å². The monoisotopic (exact) mass is 337 g/mol. The Morgan fingerprint density at radius 3 is 2.43 bits per heavy atom. The van der Waals surface area contributed by atoms with Crippen LogP contribution in [-0.2, 0) is 9.84 Å². The van der Waals surface area contributed by atoms with Gasteiger partial charge in [-0.3, -0.25) is 0 Å². The molecule has 1 atom stereocenters. The molecule has 0 bridgehead atoms. The summed E-state index contributed by atoms with van der Waals surface area (Å²) >= 11 is 0. The number of nitrogens with one attached hydrogen (secondary N) is 1. The van der Waals surface area contributed by atoms with Crippen LogP contribution in [0, 0.1) is 6.92 Å². The van der Waals surface area contributed by atoms with Crippen LogP contribution < -0.4 is 10.1 Å². The van der Waals surface area contributed by atoms with Gasteiger partial charge in [0.15, 0.2) is 9.84 Å². The van der Waals surface area contributed by atoms with Crippen molar-refractivity contribution in [2.24, 2.45) is 0 Å². The fraction of sp³-hybridized carbons (Fsp3) is 0.571. The summed E-state index contributed by atoms with van der Waals surface area (Å²) in [6.07, 6.45) is 0.573. The van der Waals surface area contributed by atoms with Crippen LogP contribution in [0.1, 0.15) is 19.4 Å². The molecule has 0 radical (unpaired) electrons. The second-order valence-electron chi connectivity index (χ2n) is 5.23. The first-order valence-corrected chi connectivity index (χ1v) is 8.44. The molecule has 122 valence electrons. The molecule has 1 aromatic rings. The Morgan fingerprint density at radius 1 is 1.33 bits per heavy atom. The van der Waals surface area contributed by atoms with E-state index in [1.807, 2.05) is 13.8 Å². The second kappa shape index (κ2) is 8.58. The number of benzene rings is 1. The van der Waals surface area contributed by atoms with Crippen molar-refractivity contribution in [3.8, 4) is 5.75 Å². The zero-order chi connectivity index (χ0) is 15.3. The van der Waals surface area contributed by atoms with Crippen LogP contribution in [0.2, 0.25) is 0 Å². The lowest BCUT2D eigenvalue weighted by Crippen LogP contribution is -2.35. The van der Waals surface area contributed by atoms with Gasteiger partial charge in [-0.15, -0.1) is 12.4 Å².